The summed E-state index contributed by atoms with van der Waals surface area (Å²) >= 11 is 7.68. The highest BCUT2D eigenvalue weighted by molar-refractivity contribution is 7.20. The first kappa shape index (κ1) is 19.8. The van der Waals surface area contributed by atoms with Crippen molar-refractivity contribution in [1.82, 2.24) is 9.88 Å². The largest absolute Gasteiger partial charge is 0.497 e. The van der Waals surface area contributed by atoms with Crippen molar-refractivity contribution in [2.24, 2.45) is 0 Å². The number of hydrogen-bond donors (Lipinski definition) is 0. The van der Waals surface area contributed by atoms with Crippen molar-refractivity contribution in [1.29, 1.82) is 0 Å². The Hall–Kier alpha value is -2.51. The molecule has 0 unspecified atom stereocenters. The van der Waals surface area contributed by atoms with Gasteiger partial charge in [0.25, 0.3) is 11.1 Å². The van der Waals surface area contributed by atoms with Gasteiger partial charge < -0.3 is 19.1 Å². The van der Waals surface area contributed by atoms with E-state index in [4.69, 9.17) is 25.8 Å². The van der Waals surface area contributed by atoms with Gasteiger partial charge in [-0.05, 0) is 24.3 Å². The molecule has 0 radical (unpaired) electrons. The summed E-state index contributed by atoms with van der Waals surface area (Å²) in [6.45, 7) is 1.28. The van der Waals surface area contributed by atoms with Gasteiger partial charge in [0.15, 0.2) is 6.61 Å². The molecule has 1 saturated heterocycles. The Morgan fingerprint density at radius 3 is 2.72 bits per heavy atom. The van der Waals surface area contributed by atoms with E-state index in [9.17, 15) is 4.79 Å². The third kappa shape index (κ3) is 4.74. The maximum Gasteiger partial charge on any atom is 0.274 e. The number of amides is 1. The van der Waals surface area contributed by atoms with Crippen LogP contribution in [0.4, 0.5) is 0 Å². The summed E-state index contributed by atoms with van der Waals surface area (Å²) < 4.78 is 17.8. The number of benzene rings is 2. The van der Waals surface area contributed by atoms with Crippen molar-refractivity contribution in [2.75, 3.05) is 26.8 Å². The molecule has 0 aliphatic carbocycles. The van der Waals surface area contributed by atoms with Crippen molar-refractivity contribution >= 4 is 39.1 Å². The molecule has 1 amide bonds. The molecule has 1 fully saturated rings. The molecular formula is C21H21ClN2O4S. The number of piperidine rings is 1. The molecule has 4 rings (SSSR count). The number of hydrogen-bond acceptors (Lipinski definition) is 6. The second-order valence-electron chi connectivity index (χ2n) is 6.73. The number of thiazole rings is 1. The molecule has 0 N–H and O–H groups in total. The molecular weight excluding hydrogens is 412 g/mol. The highest BCUT2D eigenvalue weighted by Crippen LogP contribution is 2.33. The van der Waals surface area contributed by atoms with E-state index in [1.165, 1.54) is 11.3 Å². The molecule has 0 atom stereocenters. The zero-order valence-electron chi connectivity index (χ0n) is 16.0. The second kappa shape index (κ2) is 8.88. The lowest BCUT2D eigenvalue weighted by atomic mass is 10.1. The summed E-state index contributed by atoms with van der Waals surface area (Å²) in [4.78, 5) is 18.8. The summed E-state index contributed by atoms with van der Waals surface area (Å²) in [5.41, 5.74) is 0.775. The predicted octanol–water partition coefficient (Wildman–Crippen LogP) is 4.41. The van der Waals surface area contributed by atoms with Crippen molar-refractivity contribution in [2.45, 2.75) is 18.9 Å². The van der Waals surface area contributed by atoms with Crippen LogP contribution in [-0.2, 0) is 4.79 Å². The maximum atomic E-state index is 12.4. The molecule has 3 aromatic rings. The molecule has 2 heterocycles. The summed E-state index contributed by atoms with van der Waals surface area (Å²) in [6, 6.07) is 12.9. The van der Waals surface area contributed by atoms with E-state index >= 15 is 0 Å². The minimum atomic E-state index is -0.0296. The van der Waals surface area contributed by atoms with Gasteiger partial charge >= 0.3 is 0 Å². The van der Waals surface area contributed by atoms with E-state index in [2.05, 4.69) is 4.98 Å². The van der Waals surface area contributed by atoms with Crippen LogP contribution in [0.1, 0.15) is 12.8 Å². The normalized spacial score (nSPS) is 14.8. The molecule has 1 aliphatic rings. The van der Waals surface area contributed by atoms with Gasteiger partial charge in [-0.1, -0.05) is 35.1 Å². The van der Waals surface area contributed by atoms with Gasteiger partial charge in [-0.15, -0.1) is 0 Å². The Balaban J connectivity index is 1.27. The first-order chi connectivity index (χ1) is 14.1. The number of carbonyl (C=O) groups is 1. The molecule has 8 heteroatoms. The highest BCUT2D eigenvalue weighted by atomic mass is 35.5. The van der Waals surface area contributed by atoms with Crippen molar-refractivity contribution < 1.29 is 19.0 Å². The van der Waals surface area contributed by atoms with E-state index in [1.807, 2.05) is 35.2 Å². The number of para-hydroxylation sites is 1. The van der Waals surface area contributed by atoms with Gasteiger partial charge in [0, 0.05) is 32.0 Å². The predicted molar refractivity (Wildman–Crippen MR) is 113 cm³/mol. The number of methoxy groups -OCH3 is 1. The van der Waals surface area contributed by atoms with Crippen LogP contribution in [0.2, 0.25) is 5.02 Å². The molecule has 2 aromatic carbocycles. The summed E-state index contributed by atoms with van der Waals surface area (Å²) in [5, 5.41) is 1.25. The number of carbonyl (C=O) groups excluding carboxylic acids is 1. The molecule has 0 spiro atoms. The fourth-order valence-electron chi connectivity index (χ4n) is 3.24. The van der Waals surface area contributed by atoms with Crippen LogP contribution in [-0.4, -0.2) is 48.7 Å². The Bertz CT molecular complexity index is 1000. The molecule has 6 nitrogen and oxygen atoms in total. The van der Waals surface area contributed by atoms with Crippen LogP contribution in [0.3, 0.4) is 0 Å². The summed E-state index contributed by atoms with van der Waals surface area (Å²) in [6.07, 6.45) is 1.56. The van der Waals surface area contributed by atoms with E-state index in [0.29, 0.717) is 34.8 Å². The third-order valence-corrected chi connectivity index (χ3v) is 6.03. The number of likely N-dealkylation sites (tertiary alicyclic amines) is 1. The second-order valence-corrected chi connectivity index (χ2v) is 8.13. The van der Waals surface area contributed by atoms with Crippen LogP contribution in [0.15, 0.2) is 42.5 Å². The van der Waals surface area contributed by atoms with Gasteiger partial charge in [-0.2, -0.15) is 0 Å². The maximum absolute atomic E-state index is 12.4. The van der Waals surface area contributed by atoms with E-state index < -0.39 is 0 Å². The SMILES string of the molecule is COc1cccc(OCC(=O)N2CCC(Oc3nc4c(Cl)cccc4s3)CC2)c1. The van der Waals surface area contributed by atoms with Gasteiger partial charge in [0.1, 0.15) is 23.1 Å². The van der Waals surface area contributed by atoms with E-state index in [0.717, 1.165) is 23.1 Å². The standard InChI is InChI=1S/C21H21ClN2O4S/c1-26-15-4-2-5-16(12-15)27-13-19(25)24-10-8-14(9-11-24)28-21-23-20-17(22)6-3-7-18(20)29-21/h2-7,12,14H,8-11,13H2,1H3. The highest BCUT2D eigenvalue weighted by Gasteiger charge is 2.25. The number of fused-ring (bicyclic) bond motifs is 1. The van der Waals surface area contributed by atoms with Crippen molar-refractivity contribution in [3.05, 3.63) is 47.5 Å². The van der Waals surface area contributed by atoms with Gasteiger partial charge in [-0.25, -0.2) is 4.98 Å². The third-order valence-electron chi connectivity index (χ3n) is 4.82. The number of aromatic nitrogens is 1. The molecule has 0 saturated carbocycles. The van der Waals surface area contributed by atoms with Crippen LogP contribution < -0.4 is 14.2 Å². The average molecular weight is 433 g/mol. The smallest absolute Gasteiger partial charge is 0.274 e. The van der Waals surface area contributed by atoms with Gasteiger partial charge in [0.05, 0.1) is 16.8 Å². The average Bonchev–Trinajstić information content (AvgIpc) is 3.16. The first-order valence-corrected chi connectivity index (χ1v) is 10.6. The summed E-state index contributed by atoms with van der Waals surface area (Å²) in [7, 11) is 1.60. The van der Waals surface area contributed by atoms with Crippen LogP contribution in [0.25, 0.3) is 10.2 Å². The number of rotatable bonds is 6. The van der Waals surface area contributed by atoms with Crippen LogP contribution in [0.5, 0.6) is 16.7 Å². The van der Waals surface area contributed by atoms with E-state index in [-0.39, 0.29) is 18.6 Å². The lowest BCUT2D eigenvalue weighted by Crippen LogP contribution is -2.43. The molecule has 29 heavy (non-hydrogen) atoms. The number of ether oxygens (including phenoxy) is 3. The number of nitrogens with zero attached hydrogens (tertiary/aromatic N) is 2. The van der Waals surface area contributed by atoms with Crippen molar-refractivity contribution in [3.63, 3.8) is 0 Å². The fourth-order valence-corrected chi connectivity index (χ4v) is 4.42. The zero-order valence-corrected chi connectivity index (χ0v) is 17.5. The fraction of sp³-hybridized carbons (Fsp3) is 0.333. The zero-order chi connectivity index (χ0) is 20.2. The van der Waals surface area contributed by atoms with E-state index in [1.54, 1.807) is 19.2 Å². The lowest BCUT2D eigenvalue weighted by Gasteiger charge is -2.31. The Morgan fingerprint density at radius 2 is 1.97 bits per heavy atom. The lowest BCUT2D eigenvalue weighted by molar-refractivity contribution is -0.135. The Labute approximate surface area is 178 Å². The topological polar surface area (TPSA) is 60.9 Å². The molecule has 0 bridgehead atoms. The molecule has 1 aliphatic heterocycles. The minimum Gasteiger partial charge on any atom is -0.497 e. The Kier molecular flexibility index (Phi) is 6.06. The molecule has 152 valence electrons. The molecule has 1 aromatic heterocycles. The Morgan fingerprint density at radius 1 is 1.21 bits per heavy atom. The number of halogens is 1. The van der Waals surface area contributed by atoms with Crippen LogP contribution >= 0.6 is 22.9 Å². The van der Waals surface area contributed by atoms with Gasteiger partial charge in [0.2, 0.25) is 0 Å². The van der Waals surface area contributed by atoms with Gasteiger partial charge in [-0.3, -0.25) is 4.79 Å². The minimum absolute atomic E-state index is 0.00899. The summed E-state index contributed by atoms with van der Waals surface area (Å²) in [5.74, 6) is 1.28. The quantitative estimate of drug-likeness (QED) is 0.577. The monoisotopic (exact) mass is 432 g/mol. The van der Waals surface area contributed by atoms with Crippen LogP contribution in [0, 0.1) is 0 Å². The first-order valence-electron chi connectivity index (χ1n) is 9.39. The van der Waals surface area contributed by atoms with Crippen molar-refractivity contribution in [3.8, 4) is 16.7 Å².